The number of thioether (sulfide) groups is 1. The molecule has 0 fully saturated rings. The summed E-state index contributed by atoms with van der Waals surface area (Å²) in [5, 5.41) is 3.50. The topological polar surface area (TPSA) is 38.3 Å². The van der Waals surface area contributed by atoms with Crippen molar-refractivity contribution >= 4 is 23.4 Å². The number of hydrogen-bond donors (Lipinski definition) is 1. The van der Waals surface area contributed by atoms with Gasteiger partial charge in [0.05, 0.1) is 12.1 Å². The molecule has 0 aliphatic carbocycles. The summed E-state index contributed by atoms with van der Waals surface area (Å²) in [6, 6.07) is 25.2. The Labute approximate surface area is 164 Å². The number of anilines is 1. The number of benzene rings is 3. The van der Waals surface area contributed by atoms with Gasteiger partial charge in [0, 0.05) is 10.1 Å². The van der Waals surface area contributed by atoms with Crippen molar-refractivity contribution in [3.8, 4) is 11.5 Å². The van der Waals surface area contributed by atoms with Gasteiger partial charge < -0.3 is 10.1 Å². The molecule has 0 aromatic heterocycles. The largest absolute Gasteiger partial charge is 0.455 e. The van der Waals surface area contributed by atoms with Crippen LogP contribution in [0.3, 0.4) is 0 Å². The Morgan fingerprint density at radius 2 is 1.59 bits per heavy atom. The molecule has 0 bridgehead atoms. The van der Waals surface area contributed by atoms with Crippen LogP contribution in [-0.2, 0) is 11.2 Å². The zero-order valence-corrected chi connectivity index (χ0v) is 16.3. The van der Waals surface area contributed by atoms with Gasteiger partial charge in [0.2, 0.25) is 5.91 Å². The van der Waals surface area contributed by atoms with Gasteiger partial charge in [-0.1, -0.05) is 56.3 Å². The van der Waals surface area contributed by atoms with E-state index in [1.165, 1.54) is 4.90 Å². The minimum absolute atomic E-state index is 0.0663. The zero-order chi connectivity index (χ0) is 19.1. The summed E-state index contributed by atoms with van der Waals surface area (Å²) < 4.78 is 5.90. The zero-order valence-electron chi connectivity index (χ0n) is 15.5. The van der Waals surface area contributed by atoms with Crippen molar-refractivity contribution in [1.29, 1.82) is 0 Å². The molecule has 1 amide bonds. The number of rotatable bonds is 7. The third-order valence-electron chi connectivity index (χ3n) is 3.79. The Hall–Kier alpha value is -2.72. The van der Waals surface area contributed by atoms with Crippen LogP contribution in [0.15, 0.2) is 83.8 Å². The SMILES string of the molecule is CC(C)Sc1ccc(CC(=O)Nc2ccccc2Oc2ccccc2)cc1. The van der Waals surface area contributed by atoms with E-state index in [1.54, 1.807) is 0 Å². The van der Waals surface area contributed by atoms with Crippen LogP contribution < -0.4 is 10.1 Å². The lowest BCUT2D eigenvalue weighted by molar-refractivity contribution is -0.115. The number of hydrogen-bond acceptors (Lipinski definition) is 3. The molecule has 0 radical (unpaired) electrons. The van der Waals surface area contributed by atoms with Crippen molar-refractivity contribution in [1.82, 2.24) is 0 Å². The van der Waals surface area contributed by atoms with Gasteiger partial charge in [-0.25, -0.2) is 0 Å². The van der Waals surface area contributed by atoms with E-state index in [4.69, 9.17) is 4.74 Å². The highest BCUT2D eigenvalue weighted by atomic mass is 32.2. The molecule has 0 atom stereocenters. The van der Waals surface area contributed by atoms with Gasteiger partial charge in [0.15, 0.2) is 5.75 Å². The molecule has 138 valence electrons. The highest BCUT2D eigenvalue weighted by Crippen LogP contribution is 2.29. The van der Waals surface area contributed by atoms with E-state index < -0.39 is 0 Å². The van der Waals surface area contributed by atoms with E-state index in [2.05, 4.69) is 31.3 Å². The number of amides is 1. The molecule has 0 spiro atoms. The van der Waals surface area contributed by atoms with Gasteiger partial charge >= 0.3 is 0 Å². The van der Waals surface area contributed by atoms with Crippen LogP contribution in [0.2, 0.25) is 0 Å². The Bertz CT molecular complexity index is 876. The van der Waals surface area contributed by atoms with Crippen LogP contribution in [0.4, 0.5) is 5.69 Å². The number of nitrogens with one attached hydrogen (secondary N) is 1. The summed E-state index contributed by atoms with van der Waals surface area (Å²) in [6.07, 6.45) is 0.326. The second-order valence-electron chi connectivity index (χ2n) is 6.45. The molecule has 1 N–H and O–H groups in total. The molecule has 0 aliphatic heterocycles. The molecule has 3 rings (SSSR count). The molecular weight excluding hydrogens is 354 g/mol. The average Bonchev–Trinajstić information content (AvgIpc) is 2.65. The fourth-order valence-electron chi connectivity index (χ4n) is 2.61. The Morgan fingerprint density at radius 1 is 0.926 bits per heavy atom. The number of para-hydroxylation sites is 3. The first kappa shape index (κ1) is 19.1. The molecule has 0 heterocycles. The second-order valence-corrected chi connectivity index (χ2v) is 8.10. The van der Waals surface area contributed by atoms with Crippen LogP contribution in [0.5, 0.6) is 11.5 Å². The first-order chi connectivity index (χ1) is 13.1. The molecule has 3 aromatic carbocycles. The standard InChI is InChI=1S/C23H23NO2S/c1-17(2)27-20-14-12-18(13-15-20)16-23(25)24-21-10-6-7-11-22(21)26-19-8-4-3-5-9-19/h3-15,17H,16H2,1-2H3,(H,24,25). The van der Waals surface area contributed by atoms with Crippen molar-refractivity contribution in [3.05, 3.63) is 84.4 Å². The minimum Gasteiger partial charge on any atom is -0.455 e. The maximum Gasteiger partial charge on any atom is 0.228 e. The molecule has 27 heavy (non-hydrogen) atoms. The van der Waals surface area contributed by atoms with Crippen molar-refractivity contribution < 1.29 is 9.53 Å². The highest BCUT2D eigenvalue weighted by Gasteiger charge is 2.09. The van der Waals surface area contributed by atoms with Crippen molar-refractivity contribution in [2.45, 2.75) is 30.4 Å². The number of carbonyl (C=O) groups excluding carboxylic acids is 1. The molecule has 0 unspecified atom stereocenters. The molecule has 0 saturated heterocycles. The second kappa shape index (κ2) is 9.28. The van der Waals surface area contributed by atoms with Gasteiger partial charge in [-0.15, -0.1) is 11.8 Å². The summed E-state index contributed by atoms with van der Waals surface area (Å²) >= 11 is 1.81. The molecular formula is C23H23NO2S. The molecule has 0 aliphatic rings. The van der Waals surface area contributed by atoms with E-state index >= 15 is 0 Å². The first-order valence-electron chi connectivity index (χ1n) is 8.97. The van der Waals surface area contributed by atoms with Gasteiger partial charge in [-0.2, -0.15) is 0 Å². The van der Waals surface area contributed by atoms with Crippen LogP contribution in [0, 0.1) is 0 Å². The Morgan fingerprint density at radius 3 is 2.30 bits per heavy atom. The minimum atomic E-state index is -0.0663. The predicted octanol–water partition coefficient (Wildman–Crippen LogP) is 6.16. The smallest absolute Gasteiger partial charge is 0.228 e. The lowest BCUT2D eigenvalue weighted by Gasteiger charge is -2.12. The fourth-order valence-corrected chi connectivity index (χ4v) is 3.45. The lowest BCUT2D eigenvalue weighted by atomic mass is 10.1. The molecule has 4 heteroatoms. The number of ether oxygens (including phenoxy) is 1. The molecule has 3 nitrogen and oxygen atoms in total. The van der Waals surface area contributed by atoms with Crippen LogP contribution in [-0.4, -0.2) is 11.2 Å². The quantitative estimate of drug-likeness (QED) is 0.501. The van der Waals surface area contributed by atoms with E-state index in [0.29, 0.717) is 23.1 Å². The third kappa shape index (κ3) is 5.90. The van der Waals surface area contributed by atoms with Crippen molar-refractivity contribution in [2.75, 3.05) is 5.32 Å². The van der Waals surface area contributed by atoms with Crippen molar-refractivity contribution in [2.24, 2.45) is 0 Å². The maximum atomic E-state index is 12.5. The summed E-state index contributed by atoms with van der Waals surface area (Å²) in [4.78, 5) is 13.7. The monoisotopic (exact) mass is 377 g/mol. The first-order valence-corrected chi connectivity index (χ1v) is 9.85. The highest BCUT2D eigenvalue weighted by molar-refractivity contribution is 7.99. The van der Waals surface area contributed by atoms with Crippen molar-refractivity contribution in [3.63, 3.8) is 0 Å². The molecule has 3 aromatic rings. The van der Waals surface area contributed by atoms with Gasteiger partial charge in [-0.05, 0) is 42.0 Å². The normalized spacial score (nSPS) is 10.6. The summed E-state index contributed by atoms with van der Waals surface area (Å²) in [5.41, 5.74) is 1.65. The lowest BCUT2D eigenvalue weighted by Crippen LogP contribution is -2.14. The summed E-state index contributed by atoms with van der Waals surface area (Å²) in [6.45, 7) is 4.34. The van der Waals surface area contributed by atoms with E-state index in [9.17, 15) is 4.79 Å². The van der Waals surface area contributed by atoms with E-state index in [1.807, 2.05) is 78.5 Å². The Balaban J connectivity index is 1.64. The summed E-state index contributed by atoms with van der Waals surface area (Å²) in [5.74, 6) is 1.29. The van der Waals surface area contributed by atoms with Crippen LogP contribution in [0.1, 0.15) is 19.4 Å². The molecule has 0 saturated carbocycles. The third-order valence-corrected chi connectivity index (χ3v) is 4.81. The van der Waals surface area contributed by atoms with Gasteiger partial charge in [0.1, 0.15) is 5.75 Å². The van der Waals surface area contributed by atoms with Gasteiger partial charge in [-0.3, -0.25) is 4.79 Å². The van der Waals surface area contributed by atoms with Crippen LogP contribution in [0.25, 0.3) is 0 Å². The van der Waals surface area contributed by atoms with E-state index in [-0.39, 0.29) is 5.91 Å². The Kier molecular flexibility index (Phi) is 6.55. The average molecular weight is 378 g/mol. The van der Waals surface area contributed by atoms with Gasteiger partial charge in [0.25, 0.3) is 0 Å². The predicted molar refractivity (Wildman–Crippen MR) is 113 cm³/mol. The summed E-state index contributed by atoms with van der Waals surface area (Å²) in [7, 11) is 0. The number of carbonyl (C=O) groups is 1. The van der Waals surface area contributed by atoms with Crippen LogP contribution >= 0.6 is 11.8 Å². The fraction of sp³-hybridized carbons (Fsp3) is 0.174. The van der Waals surface area contributed by atoms with E-state index in [0.717, 1.165) is 11.3 Å². The maximum absolute atomic E-state index is 12.5.